The molecule has 5 aliphatic rings. The SMILES string of the molecule is CC1CCCC(C(O)CC23CC4CC(CC(C4)C2)C3)C1. The molecule has 0 aromatic rings. The van der Waals surface area contributed by atoms with E-state index in [1.54, 1.807) is 0 Å². The molecule has 1 heteroatoms. The molecule has 0 aliphatic heterocycles. The van der Waals surface area contributed by atoms with Gasteiger partial charge in [0.05, 0.1) is 6.10 Å². The molecule has 114 valence electrons. The Bertz CT molecular complexity index is 325. The van der Waals surface area contributed by atoms with Crippen LogP contribution >= 0.6 is 0 Å². The van der Waals surface area contributed by atoms with E-state index in [-0.39, 0.29) is 6.10 Å². The minimum Gasteiger partial charge on any atom is -0.393 e. The van der Waals surface area contributed by atoms with Crippen LogP contribution in [-0.2, 0) is 0 Å². The van der Waals surface area contributed by atoms with E-state index in [2.05, 4.69) is 6.92 Å². The van der Waals surface area contributed by atoms with Gasteiger partial charge in [-0.05, 0) is 92.8 Å². The molecule has 3 unspecified atom stereocenters. The molecule has 0 saturated heterocycles. The normalized spacial score (nSPS) is 52.2. The van der Waals surface area contributed by atoms with E-state index in [1.165, 1.54) is 64.2 Å². The van der Waals surface area contributed by atoms with Crippen molar-refractivity contribution in [2.75, 3.05) is 0 Å². The summed E-state index contributed by atoms with van der Waals surface area (Å²) in [7, 11) is 0. The Morgan fingerprint density at radius 1 is 0.950 bits per heavy atom. The molecule has 0 amide bonds. The largest absolute Gasteiger partial charge is 0.393 e. The second kappa shape index (κ2) is 5.00. The highest BCUT2D eigenvalue weighted by molar-refractivity contribution is 5.02. The van der Waals surface area contributed by atoms with Crippen LogP contribution in [0.5, 0.6) is 0 Å². The molecule has 0 aromatic carbocycles. The van der Waals surface area contributed by atoms with Crippen LogP contribution in [0, 0.1) is 35.0 Å². The molecule has 1 nitrogen and oxygen atoms in total. The van der Waals surface area contributed by atoms with Crippen LogP contribution in [-0.4, -0.2) is 11.2 Å². The summed E-state index contributed by atoms with van der Waals surface area (Å²) >= 11 is 0. The monoisotopic (exact) mass is 276 g/mol. The first-order valence-electron chi connectivity index (χ1n) is 9.30. The van der Waals surface area contributed by atoms with Crippen LogP contribution in [0.15, 0.2) is 0 Å². The van der Waals surface area contributed by atoms with Crippen molar-refractivity contribution in [2.45, 2.75) is 83.7 Å². The van der Waals surface area contributed by atoms with Gasteiger partial charge in [-0.15, -0.1) is 0 Å². The van der Waals surface area contributed by atoms with Gasteiger partial charge in [-0.25, -0.2) is 0 Å². The zero-order valence-corrected chi connectivity index (χ0v) is 13.2. The molecule has 5 saturated carbocycles. The molecule has 1 N–H and O–H groups in total. The van der Waals surface area contributed by atoms with E-state index in [4.69, 9.17) is 0 Å². The molecule has 20 heavy (non-hydrogen) atoms. The third kappa shape index (κ3) is 2.45. The molecule has 5 aliphatic carbocycles. The van der Waals surface area contributed by atoms with Crippen LogP contribution in [0.4, 0.5) is 0 Å². The van der Waals surface area contributed by atoms with E-state index >= 15 is 0 Å². The van der Waals surface area contributed by atoms with Gasteiger partial charge in [-0.1, -0.05) is 19.8 Å². The molecule has 0 spiro atoms. The first kappa shape index (κ1) is 13.6. The summed E-state index contributed by atoms with van der Waals surface area (Å²) in [5, 5.41) is 10.9. The van der Waals surface area contributed by atoms with Gasteiger partial charge in [0.25, 0.3) is 0 Å². The Labute approximate surface area is 124 Å². The summed E-state index contributed by atoms with van der Waals surface area (Å²) in [6.45, 7) is 2.38. The van der Waals surface area contributed by atoms with Crippen molar-refractivity contribution in [3.8, 4) is 0 Å². The van der Waals surface area contributed by atoms with Crippen molar-refractivity contribution in [3.63, 3.8) is 0 Å². The lowest BCUT2D eigenvalue weighted by Gasteiger charge is -2.57. The Hall–Kier alpha value is -0.0400. The average molecular weight is 276 g/mol. The molecular weight excluding hydrogens is 244 g/mol. The van der Waals surface area contributed by atoms with Gasteiger partial charge < -0.3 is 5.11 Å². The zero-order valence-electron chi connectivity index (χ0n) is 13.2. The summed E-state index contributed by atoms with van der Waals surface area (Å²) in [5.41, 5.74) is 0.564. The van der Waals surface area contributed by atoms with Gasteiger partial charge in [0.15, 0.2) is 0 Å². The Balaban J connectivity index is 1.43. The second-order valence-electron chi connectivity index (χ2n) is 9.22. The van der Waals surface area contributed by atoms with Gasteiger partial charge in [0.2, 0.25) is 0 Å². The van der Waals surface area contributed by atoms with E-state index in [9.17, 15) is 5.11 Å². The quantitative estimate of drug-likeness (QED) is 0.786. The Morgan fingerprint density at radius 2 is 1.55 bits per heavy atom. The lowest BCUT2D eigenvalue weighted by Crippen LogP contribution is -2.48. The van der Waals surface area contributed by atoms with Crippen molar-refractivity contribution in [3.05, 3.63) is 0 Å². The highest BCUT2D eigenvalue weighted by Crippen LogP contribution is 2.62. The van der Waals surface area contributed by atoms with Gasteiger partial charge in [-0.3, -0.25) is 0 Å². The lowest BCUT2D eigenvalue weighted by atomic mass is 9.48. The summed E-state index contributed by atoms with van der Waals surface area (Å²) in [5.74, 6) is 4.54. The first-order chi connectivity index (χ1) is 9.62. The smallest absolute Gasteiger partial charge is 0.0573 e. The predicted octanol–water partition coefficient (Wildman–Crippen LogP) is 4.78. The van der Waals surface area contributed by atoms with Crippen LogP contribution in [0.25, 0.3) is 0 Å². The molecule has 0 heterocycles. The first-order valence-corrected chi connectivity index (χ1v) is 9.30. The second-order valence-corrected chi connectivity index (χ2v) is 9.22. The van der Waals surface area contributed by atoms with Crippen molar-refractivity contribution >= 4 is 0 Å². The topological polar surface area (TPSA) is 20.2 Å². The van der Waals surface area contributed by atoms with Crippen LogP contribution < -0.4 is 0 Å². The minimum atomic E-state index is 0.00833. The standard InChI is InChI=1S/C19H32O/c1-13-3-2-4-17(5-13)18(20)12-19-9-14-6-15(10-19)8-16(7-14)11-19/h13-18,20H,2-12H2,1H3. The van der Waals surface area contributed by atoms with Crippen molar-refractivity contribution in [2.24, 2.45) is 35.0 Å². The number of hydrogen-bond acceptors (Lipinski definition) is 1. The highest BCUT2D eigenvalue weighted by atomic mass is 16.3. The van der Waals surface area contributed by atoms with Gasteiger partial charge in [0, 0.05) is 0 Å². The maximum atomic E-state index is 10.9. The zero-order chi connectivity index (χ0) is 13.7. The maximum Gasteiger partial charge on any atom is 0.0573 e. The number of aliphatic hydroxyl groups is 1. The molecular formula is C19H32O. The fourth-order valence-corrected chi connectivity index (χ4v) is 6.98. The lowest BCUT2D eigenvalue weighted by molar-refractivity contribution is -0.0866. The molecule has 3 atom stereocenters. The fourth-order valence-electron chi connectivity index (χ4n) is 6.98. The van der Waals surface area contributed by atoms with Crippen molar-refractivity contribution in [1.29, 1.82) is 0 Å². The Morgan fingerprint density at radius 3 is 2.10 bits per heavy atom. The number of rotatable bonds is 3. The number of hydrogen-bond donors (Lipinski definition) is 1. The molecule has 0 radical (unpaired) electrons. The van der Waals surface area contributed by atoms with Crippen LogP contribution in [0.1, 0.15) is 77.6 Å². The van der Waals surface area contributed by atoms with Gasteiger partial charge in [-0.2, -0.15) is 0 Å². The van der Waals surface area contributed by atoms with E-state index in [0.717, 1.165) is 30.1 Å². The van der Waals surface area contributed by atoms with Crippen LogP contribution in [0.2, 0.25) is 0 Å². The Kier molecular flexibility index (Phi) is 3.41. The fraction of sp³-hybridized carbons (Fsp3) is 1.00. The highest BCUT2D eigenvalue weighted by Gasteiger charge is 2.51. The van der Waals surface area contributed by atoms with E-state index in [1.807, 2.05) is 0 Å². The average Bonchev–Trinajstić information content (AvgIpc) is 2.36. The molecule has 4 bridgehead atoms. The molecule has 0 aromatic heterocycles. The van der Waals surface area contributed by atoms with E-state index < -0.39 is 0 Å². The summed E-state index contributed by atoms with van der Waals surface area (Å²) in [6, 6.07) is 0. The molecule has 5 rings (SSSR count). The third-order valence-corrected chi connectivity index (χ3v) is 7.33. The van der Waals surface area contributed by atoms with Gasteiger partial charge >= 0.3 is 0 Å². The van der Waals surface area contributed by atoms with Crippen molar-refractivity contribution < 1.29 is 5.11 Å². The predicted molar refractivity (Wildman–Crippen MR) is 82.4 cm³/mol. The van der Waals surface area contributed by atoms with E-state index in [0.29, 0.717) is 11.3 Å². The van der Waals surface area contributed by atoms with Crippen LogP contribution in [0.3, 0.4) is 0 Å². The minimum absolute atomic E-state index is 0.00833. The maximum absolute atomic E-state index is 10.9. The summed E-state index contributed by atoms with van der Waals surface area (Å²) < 4.78 is 0. The summed E-state index contributed by atoms with van der Waals surface area (Å²) in [4.78, 5) is 0. The molecule has 5 fully saturated rings. The summed E-state index contributed by atoms with van der Waals surface area (Å²) in [6.07, 6.45) is 15.4. The van der Waals surface area contributed by atoms with Gasteiger partial charge in [0.1, 0.15) is 0 Å². The third-order valence-electron chi connectivity index (χ3n) is 7.33. The van der Waals surface area contributed by atoms with Crippen molar-refractivity contribution in [1.82, 2.24) is 0 Å². The number of aliphatic hydroxyl groups excluding tert-OH is 1.